The fourth-order valence-electron chi connectivity index (χ4n) is 3.44. The number of hydrogen-bond acceptors (Lipinski definition) is 11. The molecule has 0 saturated carbocycles. The third kappa shape index (κ3) is 6.08. The van der Waals surface area contributed by atoms with E-state index in [9.17, 15) is 34.8 Å². The molecule has 192 valence electrons. The van der Waals surface area contributed by atoms with Gasteiger partial charge in [-0.25, -0.2) is 9.97 Å². The number of aryl methyl sites for hydroxylation is 1. The van der Waals surface area contributed by atoms with E-state index in [1.165, 1.54) is 13.8 Å². The molecule has 0 aliphatic carbocycles. The molecule has 1 aliphatic rings. The number of aromatic nitrogens is 4. The van der Waals surface area contributed by atoms with E-state index in [4.69, 9.17) is 13.4 Å². The smallest absolute Gasteiger partial charge is 0.554 e. The van der Waals surface area contributed by atoms with E-state index in [0.717, 1.165) is 17.2 Å². The predicted octanol–water partition coefficient (Wildman–Crippen LogP) is -2.24. The SMILES string of the molecule is CC[C@@]1(COS(C)(=O)=O)O[C@@H](n2cnc3c(=O)[nH]c(C)nc32)[C@@H](OS(=O)(=O)C(F)(F)F)[C@@H]1O[PH-].[Na+]. The number of nitrogens with one attached hydrogen (secondary N) is 1. The van der Waals surface area contributed by atoms with Crippen LogP contribution >= 0.6 is 9.47 Å². The summed E-state index contributed by atoms with van der Waals surface area (Å²) in [6, 6.07) is 0. The molecule has 1 saturated heterocycles. The molecule has 13 nitrogen and oxygen atoms in total. The zero-order valence-corrected chi connectivity index (χ0v) is 23.3. The van der Waals surface area contributed by atoms with Crippen molar-refractivity contribution >= 4 is 40.9 Å². The Hall–Kier alpha value is -0.690. The van der Waals surface area contributed by atoms with Crippen molar-refractivity contribution in [2.24, 2.45) is 0 Å². The van der Waals surface area contributed by atoms with Gasteiger partial charge in [-0.3, -0.25) is 17.7 Å². The van der Waals surface area contributed by atoms with Crippen LogP contribution in [-0.2, 0) is 37.9 Å². The maximum absolute atomic E-state index is 13.1. The Bertz CT molecular complexity index is 1350. The van der Waals surface area contributed by atoms with E-state index in [1.54, 1.807) is 0 Å². The van der Waals surface area contributed by atoms with E-state index in [0.29, 0.717) is 0 Å². The average Bonchev–Trinajstić information content (AvgIpc) is 3.24. The molecule has 1 fully saturated rings. The number of rotatable bonds is 8. The Labute approximate surface area is 221 Å². The van der Waals surface area contributed by atoms with E-state index >= 15 is 0 Å². The Morgan fingerprint density at radius 1 is 1.31 bits per heavy atom. The molecule has 4 atom stereocenters. The number of halogens is 3. The number of imidazole rings is 1. The second-order valence-corrected chi connectivity index (χ2v) is 10.8. The summed E-state index contributed by atoms with van der Waals surface area (Å²) in [7, 11) is -7.54. The Morgan fingerprint density at radius 2 is 1.94 bits per heavy atom. The second-order valence-electron chi connectivity index (χ2n) is 7.37. The van der Waals surface area contributed by atoms with Crippen LogP contribution in [0, 0.1) is 6.92 Å². The number of hydrogen-bond donors (Lipinski definition) is 1. The number of alkyl halides is 3. The first-order valence-corrected chi connectivity index (χ1v) is 13.0. The summed E-state index contributed by atoms with van der Waals surface area (Å²) in [5.41, 5.74) is -8.67. The predicted molar refractivity (Wildman–Crippen MR) is 110 cm³/mol. The average molecular weight is 574 g/mol. The van der Waals surface area contributed by atoms with Crippen LogP contribution in [0.15, 0.2) is 11.1 Å². The van der Waals surface area contributed by atoms with Gasteiger partial charge in [-0.15, -0.1) is 0 Å². The van der Waals surface area contributed by atoms with Crippen molar-refractivity contribution in [2.45, 2.75) is 49.8 Å². The van der Waals surface area contributed by atoms with Gasteiger partial charge in [0.1, 0.15) is 17.5 Å². The first-order chi connectivity index (χ1) is 15.5. The number of ether oxygens (including phenoxy) is 1. The first kappa shape index (κ1) is 30.5. The summed E-state index contributed by atoms with van der Waals surface area (Å²) in [6.45, 7) is 2.14. The minimum Gasteiger partial charge on any atom is -0.554 e. The van der Waals surface area contributed by atoms with Crippen molar-refractivity contribution < 1.29 is 77.2 Å². The fraction of sp³-hybridized carbons (Fsp3) is 0.667. The summed E-state index contributed by atoms with van der Waals surface area (Å²) in [6.07, 6.45) is -3.83. The minimum atomic E-state index is -6.18. The van der Waals surface area contributed by atoms with Gasteiger partial charge in [-0.1, -0.05) is 6.92 Å². The number of nitrogens with zero attached hydrogens (tertiary/aromatic N) is 3. The first-order valence-electron chi connectivity index (χ1n) is 9.33. The van der Waals surface area contributed by atoms with Crippen LogP contribution in [0.2, 0.25) is 0 Å². The van der Waals surface area contributed by atoms with Gasteiger partial charge in [0.15, 0.2) is 17.4 Å². The minimum absolute atomic E-state index is 0. The molecule has 35 heavy (non-hydrogen) atoms. The molecule has 3 rings (SSSR count). The molecule has 3 heterocycles. The van der Waals surface area contributed by atoms with Gasteiger partial charge >= 0.3 is 45.2 Å². The van der Waals surface area contributed by atoms with Crippen molar-refractivity contribution in [1.82, 2.24) is 19.5 Å². The third-order valence-electron chi connectivity index (χ3n) is 5.04. The van der Waals surface area contributed by atoms with E-state index < -0.39 is 61.9 Å². The van der Waals surface area contributed by atoms with Crippen molar-refractivity contribution in [3.63, 3.8) is 0 Å². The van der Waals surface area contributed by atoms with Crippen LogP contribution in [0.3, 0.4) is 0 Å². The van der Waals surface area contributed by atoms with Gasteiger partial charge < -0.3 is 23.7 Å². The molecule has 0 amide bonds. The number of H-pyrrole nitrogens is 1. The summed E-state index contributed by atoms with van der Waals surface area (Å²) >= 11 is 0. The van der Waals surface area contributed by atoms with Crippen molar-refractivity contribution in [3.05, 3.63) is 22.5 Å². The Morgan fingerprint density at radius 3 is 2.46 bits per heavy atom. The van der Waals surface area contributed by atoms with Crippen molar-refractivity contribution in [1.29, 1.82) is 0 Å². The zero-order chi connectivity index (χ0) is 25.7. The maximum atomic E-state index is 13.1. The molecule has 2 aromatic heterocycles. The standard InChI is InChI=1S/C15H19F3N4O9PS2.Na/c1-4-14(5-28-33(3,24)25)10(30-32)9(31-34(26,27)15(16,17)18)13(29-14)22-6-19-8-11(22)20-7(2)21-12(8)23;/h6,9-10,13,32H,4-5H2,1-3H3,(H,20,21,23);/q-1;+1/t9-,10-,13+,14-;/m0./s1. The molecule has 0 bridgehead atoms. The molecule has 1 aliphatic heterocycles. The monoisotopic (exact) mass is 574 g/mol. The summed E-state index contributed by atoms with van der Waals surface area (Å²) in [5.74, 6) is 0.118. The quantitative estimate of drug-likeness (QED) is 0.157. The second kappa shape index (κ2) is 10.6. The van der Waals surface area contributed by atoms with Gasteiger partial charge in [0.05, 0.1) is 25.3 Å². The van der Waals surface area contributed by atoms with E-state index in [1.807, 2.05) is 0 Å². The Kier molecular flexibility index (Phi) is 9.24. The van der Waals surface area contributed by atoms with Crippen LogP contribution in [0.25, 0.3) is 11.2 Å². The normalized spacial score (nSPS) is 25.6. The third-order valence-corrected chi connectivity index (χ3v) is 6.88. The van der Waals surface area contributed by atoms with E-state index in [-0.39, 0.29) is 53.0 Å². The Balaban J connectivity index is 0.00000432. The molecular formula is C15H19F3N4NaO9PS2. The summed E-state index contributed by atoms with van der Waals surface area (Å²) < 4.78 is 108. The van der Waals surface area contributed by atoms with Gasteiger partial charge in [-0.2, -0.15) is 30.0 Å². The van der Waals surface area contributed by atoms with Crippen LogP contribution in [0.4, 0.5) is 13.2 Å². The zero-order valence-electron chi connectivity index (χ0n) is 18.7. The fourth-order valence-corrected chi connectivity index (χ4v) is 4.80. The molecule has 0 aromatic carbocycles. The molecule has 0 radical (unpaired) electrons. The van der Waals surface area contributed by atoms with Gasteiger partial charge in [-0.05, 0) is 13.3 Å². The van der Waals surface area contributed by atoms with Gasteiger partial charge in [0.25, 0.3) is 15.7 Å². The molecule has 0 spiro atoms. The van der Waals surface area contributed by atoms with Crippen molar-refractivity contribution in [3.8, 4) is 0 Å². The van der Waals surface area contributed by atoms with Crippen LogP contribution in [-0.4, -0.2) is 72.5 Å². The summed E-state index contributed by atoms with van der Waals surface area (Å²) in [4.78, 5) is 22.5. The molecular weight excluding hydrogens is 555 g/mol. The molecule has 1 N–H and O–H groups in total. The topological polar surface area (TPSA) is 169 Å². The molecule has 2 aromatic rings. The van der Waals surface area contributed by atoms with Crippen LogP contribution < -0.4 is 35.1 Å². The largest absolute Gasteiger partial charge is 1.00 e. The van der Waals surface area contributed by atoms with Crippen LogP contribution in [0.1, 0.15) is 25.4 Å². The number of fused-ring (bicyclic) bond motifs is 1. The molecule has 20 heteroatoms. The molecule has 0 unspecified atom stereocenters. The van der Waals surface area contributed by atoms with Gasteiger partial charge in [0.2, 0.25) is 0 Å². The summed E-state index contributed by atoms with van der Waals surface area (Å²) in [5, 5.41) is 0. The number of aromatic amines is 1. The van der Waals surface area contributed by atoms with E-state index in [2.05, 4.69) is 28.6 Å². The van der Waals surface area contributed by atoms with Crippen molar-refractivity contribution in [2.75, 3.05) is 12.9 Å². The van der Waals surface area contributed by atoms with Gasteiger partial charge in [0, 0.05) is 0 Å². The van der Waals surface area contributed by atoms with Crippen LogP contribution in [0.5, 0.6) is 0 Å². The maximum Gasteiger partial charge on any atom is 1.00 e.